The number of imidazole rings is 1. The van der Waals surface area contributed by atoms with Gasteiger partial charge in [-0.1, -0.05) is 0 Å². The first-order valence-corrected chi connectivity index (χ1v) is 14.3. The summed E-state index contributed by atoms with van der Waals surface area (Å²) in [5.41, 5.74) is 6.25. The summed E-state index contributed by atoms with van der Waals surface area (Å²) in [5.74, 6) is 1.13. The van der Waals surface area contributed by atoms with E-state index in [0.717, 1.165) is 91.4 Å². The number of fused-ring (bicyclic) bond motifs is 3. The van der Waals surface area contributed by atoms with Gasteiger partial charge in [0, 0.05) is 25.0 Å². The zero-order valence-corrected chi connectivity index (χ0v) is 21.5. The highest BCUT2D eigenvalue weighted by Gasteiger charge is 2.34. The first kappa shape index (κ1) is 23.0. The first-order chi connectivity index (χ1) is 18.0. The van der Waals surface area contributed by atoms with Gasteiger partial charge in [-0.15, -0.1) is 11.3 Å². The third-order valence-corrected chi connectivity index (χ3v) is 9.18. The number of carbonyl (C=O) groups is 1. The van der Waals surface area contributed by atoms with Crippen LogP contribution in [0.2, 0.25) is 0 Å². The molecule has 2 saturated carbocycles. The zero-order valence-electron chi connectivity index (χ0n) is 20.7. The number of aromatic nitrogens is 3. The van der Waals surface area contributed by atoms with Crippen LogP contribution in [-0.2, 0) is 17.6 Å². The molecule has 4 heterocycles. The monoisotopic (exact) mass is 517 g/mol. The van der Waals surface area contributed by atoms with E-state index in [1.165, 1.54) is 11.1 Å². The highest BCUT2D eigenvalue weighted by Crippen LogP contribution is 2.37. The number of nitrogens with zero attached hydrogens (tertiary/aromatic N) is 2. The summed E-state index contributed by atoms with van der Waals surface area (Å²) in [6.07, 6.45) is 6.77. The molecule has 3 aromatic heterocycles. The quantitative estimate of drug-likeness (QED) is 0.324. The Labute approximate surface area is 218 Å². The lowest BCUT2D eigenvalue weighted by molar-refractivity contribution is -0.132. The molecule has 0 saturated heterocycles. The summed E-state index contributed by atoms with van der Waals surface area (Å²) < 4.78 is 1.01. The van der Waals surface area contributed by atoms with E-state index in [9.17, 15) is 14.7 Å². The fourth-order valence-corrected chi connectivity index (χ4v) is 6.83. The number of benzene rings is 1. The van der Waals surface area contributed by atoms with Crippen molar-refractivity contribution in [3.8, 4) is 11.4 Å². The Balaban J connectivity index is 1.25. The normalized spacial score (nSPS) is 22.2. The molecule has 1 aliphatic heterocycles. The number of amides is 1. The second-order valence-electron chi connectivity index (χ2n) is 10.8. The zero-order chi connectivity index (χ0) is 25.1. The van der Waals surface area contributed by atoms with Gasteiger partial charge < -0.3 is 25.3 Å². The fourth-order valence-electron chi connectivity index (χ4n) is 5.96. The van der Waals surface area contributed by atoms with Crippen LogP contribution in [0.5, 0.6) is 0 Å². The summed E-state index contributed by atoms with van der Waals surface area (Å²) in [7, 11) is 0. The van der Waals surface area contributed by atoms with Crippen LogP contribution in [0.3, 0.4) is 0 Å². The molecule has 8 nitrogen and oxygen atoms in total. The molecule has 37 heavy (non-hydrogen) atoms. The Bertz CT molecular complexity index is 1510. The minimum atomic E-state index is -0.233. The number of H-pyrrole nitrogens is 2. The number of nitrogens with one attached hydrogen (secondary N) is 3. The minimum absolute atomic E-state index is 0.168. The third-order valence-electron chi connectivity index (χ3n) is 8.24. The maximum atomic E-state index is 13.4. The van der Waals surface area contributed by atoms with E-state index in [-0.39, 0.29) is 23.6 Å². The molecular formula is C28H31N5O3S. The van der Waals surface area contributed by atoms with E-state index in [4.69, 9.17) is 4.98 Å². The smallest absolute Gasteiger partial charge is 0.261 e. The summed E-state index contributed by atoms with van der Waals surface area (Å²) in [6.45, 7) is 1.51. The molecule has 2 fully saturated rings. The molecule has 9 heteroatoms. The number of aliphatic hydroxyl groups excluding tert-OH is 1. The molecule has 0 spiro atoms. The summed E-state index contributed by atoms with van der Waals surface area (Å²) in [4.78, 5) is 39.4. The van der Waals surface area contributed by atoms with Gasteiger partial charge in [0.25, 0.3) is 5.56 Å². The van der Waals surface area contributed by atoms with Crippen LogP contribution < -0.4 is 10.9 Å². The Morgan fingerprint density at radius 2 is 1.78 bits per heavy atom. The van der Waals surface area contributed by atoms with Gasteiger partial charge in [0.15, 0.2) is 0 Å². The van der Waals surface area contributed by atoms with Gasteiger partial charge in [-0.05, 0) is 86.1 Å². The molecule has 4 aromatic rings. The van der Waals surface area contributed by atoms with Gasteiger partial charge in [-0.3, -0.25) is 9.59 Å². The van der Waals surface area contributed by atoms with Gasteiger partial charge in [-0.25, -0.2) is 4.98 Å². The largest absolute Gasteiger partial charge is 0.393 e. The standard InChI is InChI=1S/C28H31N5O3S/c34-19-5-3-18(4-6-19)29-24-23(27(35)32-20-9-12-37-25(20)24)26-30-21-13-16-7-10-33(28(36)15-1-2-15)11-8-17(16)14-22(21)31-26/h9,12-15,18-19,34H,1-8,10-11H2,(H,30,31)(H2,29,32,35). The van der Waals surface area contributed by atoms with E-state index in [1.807, 2.05) is 16.3 Å². The summed E-state index contributed by atoms with van der Waals surface area (Å²) in [5, 5.41) is 15.6. The number of carbonyl (C=O) groups excluding carboxylic acids is 1. The minimum Gasteiger partial charge on any atom is -0.393 e. The molecule has 0 unspecified atom stereocenters. The van der Waals surface area contributed by atoms with Gasteiger partial charge in [0.2, 0.25) is 5.91 Å². The van der Waals surface area contributed by atoms with Gasteiger partial charge >= 0.3 is 0 Å². The van der Waals surface area contributed by atoms with Crippen molar-refractivity contribution in [2.75, 3.05) is 18.4 Å². The maximum Gasteiger partial charge on any atom is 0.261 e. The lowest BCUT2D eigenvalue weighted by Gasteiger charge is -2.27. The predicted octanol–water partition coefficient (Wildman–Crippen LogP) is 4.19. The average molecular weight is 518 g/mol. The molecule has 3 aliphatic rings. The molecule has 0 atom stereocenters. The average Bonchev–Trinajstić information content (AvgIpc) is 3.56. The second kappa shape index (κ2) is 8.99. The Hall–Kier alpha value is -3.17. The van der Waals surface area contributed by atoms with Crippen molar-refractivity contribution in [1.82, 2.24) is 19.9 Å². The molecule has 2 aliphatic carbocycles. The van der Waals surface area contributed by atoms with E-state index in [2.05, 4.69) is 27.4 Å². The molecule has 4 N–H and O–H groups in total. The third kappa shape index (κ3) is 4.24. The number of rotatable bonds is 4. The number of pyridine rings is 1. The van der Waals surface area contributed by atoms with E-state index >= 15 is 0 Å². The van der Waals surface area contributed by atoms with Crippen molar-refractivity contribution < 1.29 is 9.90 Å². The summed E-state index contributed by atoms with van der Waals surface area (Å²) >= 11 is 1.60. The molecule has 192 valence electrons. The lowest BCUT2D eigenvalue weighted by Crippen LogP contribution is -2.34. The Morgan fingerprint density at radius 1 is 1.03 bits per heavy atom. The predicted molar refractivity (Wildman–Crippen MR) is 146 cm³/mol. The van der Waals surface area contributed by atoms with Crippen molar-refractivity contribution in [2.24, 2.45) is 5.92 Å². The lowest BCUT2D eigenvalue weighted by atomic mass is 9.93. The van der Waals surface area contributed by atoms with Gasteiger partial charge in [0.1, 0.15) is 11.4 Å². The molecule has 7 rings (SSSR count). The van der Waals surface area contributed by atoms with Gasteiger partial charge in [-0.2, -0.15) is 0 Å². The number of hydrogen-bond acceptors (Lipinski definition) is 6. The van der Waals surface area contributed by atoms with Crippen LogP contribution in [0.1, 0.15) is 49.7 Å². The van der Waals surface area contributed by atoms with E-state index in [0.29, 0.717) is 17.3 Å². The van der Waals surface area contributed by atoms with Crippen molar-refractivity contribution in [2.45, 2.75) is 63.5 Å². The van der Waals surface area contributed by atoms with Crippen LogP contribution in [0.25, 0.3) is 32.6 Å². The molecule has 0 radical (unpaired) electrons. The topological polar surface area (TPSA) is 114 Å². The van der Waals surface area contributed by atoms with Crippen LogP contribution in [-0.4, -0.2) is 56.1 Å². The second-order valence-corrected chi connectivity index (χ2v) is 11.8. The summed E-state index contributed by atoms with van der Waals surface area (Å²) in [6, 6.07) is 6.42. The molecular weight excluding hydrogens is 486 g/mol. The van der Waals surface area contributed by atoms with E-state index in [1.54, 1.807) is 11.3 Å². The van der Waals surface area contributed by atoms with Gasteiger partial charge in [0.05, 0.1) is 33.0 Å². The van der Waals surface area contributed by atoms with Crippen molar-refractivity contribution in [3.05, 3.63) is 45.1 Å². The molecule has 1 aromatic carbocycles. The number of hydrogen-bond donors (Lipinski definition) is 4. The van der Waals surface area contributed by atoms with Crippen LogP contribution in [0.15, 0.2) is 28.4 Å². The van der Waals surface area contributed by atoms with Crippen LogP contribution in [0.4, 0.5) is 5.69 Å². The highest BCUT2D eigenvalue weighted by atomic mass is 32.1. The van der Waals surface area contributed by atoms with Crippen LogP contribution in [0, 0.1) is 5.92 Å². The number of anilines is 1. The maximum absolute atomic E-state index is 13.4. The number of aromatic amines is 2. The van der Waals surface area contributed by atoms with E-state index < -0.39 is 0 Å². The van der Waals surface area contributed by atoms with Crippen LogP contribution >= 0.6 is 11.3 Å². The molecule has 0 bridgehead atoms. The number of aliphatic hydroxyl groups is 1. The molecule has 1 amide bonds. The highest BCUT2D eigenvalue weighted by molar-refractivity contribution is 7.17. The van der Waals surface area contributed by atoms with Crippen molar-refractivity contribution >= 4 is 44.2 Å². The first-order valence-electron chi connectivity index (χ1n) is 13.4. The number of thiophene rings is 1. The SMILES string of the molecule is O=C(C1CC1)N1CCc2cc3nc(-c4c(NC5CCC(O)CC5)c5sccc5[nH]c4=O)[nH]c3cc2CC1. The van der Waals surface area contributed by atoms with Crippen molar-refractivity contribution in [1.29, 1.82) is 0 Å². The fraction of sp³-hybridized carbons (Fsp3) is 0.464. The van der Waals surface area contributed by atoms with Crippen molar-refractivity contribution in [3.63, 3.8) is 0 Å². The Kier molecular flexibility index (Phi) is 5.58. The Morgan fingerprint density at radius 3 is 2.54 bits per heavy atom.